The van der Waals surface area contributed by atoms with Crippen molar-refractivity contribution in [2.75, 3.05) is 5.32 Å². The molecule has 0 radical (unpaired) electrons. The van der Waals surface area contributed by atoms with E-state index in [4.69, 9.17) is 4.74 Å². The number of anilines is 1. The molecule has 1 aromatic heterocycles. The lowest BCUT2D eigenvalue weighted by molar-refractivity contribution is -0.122. The fourth-order valence-corrected chi connectivity index (χ4v) is 3.35. The molecule has 0 aliphatic rings. The molecule has 0 saturated carbocycles. The van der Waals surface area contributed by atoms with Crippen molar-refractivity contribution in [1.29, 1.82) is 0 Å². The van der Waals surface area contributed by atoms with Gasteiger partial charge in [-0.25, -0.2) is 0 Å². The van der Waals surface area contributed by atoms with Crippen molar-refractivity contribution in [3.05, 3.63) is 59.2 Å². The van der Waals surface area contributed by atoms with Crippen LogP contribution in [0.15, 0.2) is 42.5 Å². The molecule has 0 aliphatic heterocycles. The number of benzene rings is 2. The number of rotatable bonds is 6. The number of nitrogens with one attached hydrogen (secondary N) is 1. The average Bonchev–Trinajstić information content (AvgIpc) is 3.12. The van der Waals surface area contributed by atoms with Gasteiger partial charge >= 0.3 is 0 Å². The first kappa shape index (κ1) is 19.0. The third-order valence-corrected chi connectivity index (χ3v) is 5.33. The van der Waals surface area contributed by atoms with Crippen LogP contribution < -0.4 is 10.1 Å². The van der Waals surface area contributed by atoms with E-state index in [0.717, 1.165) is 27.4 Å². The first-order valence-electron chi connectivity index (χ1n) is 8.92. The van der Waals surface area contributed by atoms with Gasteiger partial charge in [0.2, 0.25) is 5.13 Å². The summed E-state index contributed by atoms with van der Waals surface area (Å²) in [5.41, 5.74) is 4.35. The smallest absolute Gasteiger partial charge is 0.267 e. The van der Waals surface area contributed by atoms with E-state index in [2.05, 4.69) is 15.5 Å². The Kier molecular flexibility index (Phi) is 5.86. The minimum Gasteiger partial charge on any atom is -0.480 e. The van der Waals surface area contributed by atoms with Gasteiger partial charge in [0, 0.05) is 5.56 Å². The third kappa shape index (κ3) is 4.52. The molecule has 6 heteroatoms. The average molecular weight is 382 g/mol. The van der Waals surface area contributed by atoms with Crippen LogP contribution in [0.2, 0.25) is 0 Å². The zero-order valence-corrected chi connectivity index (χ0v) is 16.8. The van der Waals surface area contributed by atoms with Crippen molar-refractivity contribution in [3.8, 4) is 16.3 Å². The van der Waals surface area contributed by atoms with Gasteiger partial charge in [-0.05, 0) is 44.4 Å². The highest BCUT2D eigenvalue weighted by atomic mass is 32.1. The highest BCUT2D eigenvalue weighted by molar-refractivity contribution is 7.18. The largest absolute Gasteiger partial charge is 0.480 e. The lowest BCUT2D eigenvalue weighted by Crippen LogP contribution is -2.32. The molecule has 27 heavy (non-hydrogen) atoms. The molecule has 3 rings (SSSR count). The molecule has 1 N–H and O–H groups in total. The van der Waals surface area contributed by atoms with Crippen LogP contribution in [0, 0.1) is 20.8 Å². The molecule has 1 unspecified atom stereocenters. The second-order valence-corrected chi connectivity index (χ2v) is 7.46. The number of aryl methyl sites for hydroxylation is 2. The minimum absolute atomic E-state index is 0.218. The Labute approximate surface area is 163 Å². The van der Waals surface area contributed by atoms with Crippen LogP contribution in [0.1, 0.15) is 30.0 Å². The normalized spacial score (nSPS) is 11.9. The molecule has 0 fully saturated rings. The topological polar surface area (TPSA) is 64.1 Å². The number of hydrogen-bond donors (Lipinski definition) is 1. The standard InChI is InChI=1S/C21H23N3O2S/c1-5-17(26-18-8-6-7-14(3)15(18)4)19(25)22-21-24-23-20(27-21)16-11-9-13(2)10-12-16/h6-12,17H,5H2,1-4H3,(H,22,24,25). The Bertz CT molecular complexity index is 935. The van der Waals surface area contributed by atoms with Crippen molar-refractivity contribution in [2.24, 2.45) is 0 Å². The summed E-state index contributed by atoms with van der Waals surface area (Å²) < 4.78 is 5.96. The lowest BCUT2D eigenvalue weighted by Gasteiger charge is -2.18. The second kappa shape index (κ2) is 8.31. The SMILES string of the molecule is CCC(Oc1cccc(C)c1C)C(=O)Nc1nnc(-c2ccc(C)cc2)s1. The molecule has 1 atom stereocenters. The molecule has 140 valence electrons. The van der Waals surface area contributed by atoms with Gasteiger partial charge in [0.05, 0.1) is 0 Å². The summed E-state index contributed by atoms with van der Waals surface area (Å²) in [6, 6.07) is 13.9. The summed E-state index contributed by atoms with van der Waals surface area (Å²) in [5, 5.41) is 12.3. The molecule has 1 heterocycles. The van der Waals surface area contributed by atoms with Crippen LogP contribution >= 0.6 is 11.3 Å². The van der Waals surface area contributed by atoms with Crippen LogP contribution in [-0.4, -0.2) is 22.2 Å². The van der Waals surface area contributed by atoms with Crippen molar-refractivity contribution in [3.63, 3.8) is 0 Å². The molecular weight excluding hydrogens is 358 g/mol. The first-order chi connectivity index (χ1) is 13.0. The Morgan fingerprint density at radius 1 is 1.11 bits per heavy atom. The Hall–Kier alpha value is -2.73. The van der Waals surface area contributed by atoms with E-state index in [9.17, 15) is 4.79 Å². The molecule has 0 spiro atoms. The summed E-state index contributed by atoms with van der Waals surface area (Å²) in [6.45, 7) is 7.98. The summed E-state index contributed by atoms with van der Waals surface area (Å²) in [4.78, 5) is 12.6. The zero-order chi connectivity index (χ0) is 19.4. The number of carbonyl (C=O) groups excluding carboxylic acids is 1. The van der Waals surface area contributed by atoms with Gasteiger partial charge in [0.25, 0.3) is 5.91 Å². The lowest BCUT2D eigenvalue weighted by atomic mass is 10.1. The van der Waals surface area contributed by atoms with Crippen molar-refractivity contribution in [2.45, 2.75) is 40.2 Å². The fraction of sp³-hybridized carbons (Fsp3) is 0.286. The molecule has 0 bridgehead atoms. The molecule has 2 aromatic carbocycles. The highest BCUT2D eigenvalue weighted by Gasteiger charge is 2.21. The number of hydrogen-bond acceptors (Lipinski definition) is 5. The molecule has 0 aliphatic carbocycles. The van der Waals surface area contributed by atoms with E-state index < -0.39 is 6.10 Å². The number of nitrogens with zero attached hydrogens (tertiary/aromatic N) is 2. The minimum atomic E-state index is -0.586. The Morgan fingerprint density at radius 2 is 1.85 bits per heavy atom. The van der Waals surface area contributed by atoms with Crippen LogP contribution in [0.3, 0.4) is 0 Å². The maximum Gasteiger partial charge on any atom is 0.267 e. The number of ether oxygens (including phenoxy) is 1. The predicted molar refractivity (Wildman–Crippen MR) is 109 cm³/mol. The number of aromatic nitrogens is 2. The van der Waals surface area contributed by atoms with E-state index in [1.54, 1.807) is 0 Å². The number of amides is 1. The first-order valence-corrected chi connectivity index (χ1v) is 9.74. The summed E-state index contributed by atoms with van der Waals surface area (Å²) >= 11 is 1.35. The Morgan fingerprint density at radius 3 is 2.56 bits per heavy atom. The zero-order valence-electron chi connectivity index (χ0n) is 15.9. The summed E-state index contributed by atoms with van der Waals surface area (Å²) in [7, 11) is 0. The van der Waals surface area contributed by atoms with E-state index in [0.29, 0.717) is 11.6 Å². The summed E-state index contributed by atoms with van der Waals surface area (Å²) in [6.07, 6.45) is -0.0275. The van der Waals surface area contributed by atoms with Crippen LogP contribution in [-0.2, 0) is 4.79 Å². The van der Waals surface area contributed by atoms with Gasteiger partial charge in [-0.3, -0.25) is 10.1 Å². The van der Waals surface area contributed by atoms with Crippen LogP contribution in [0.4, 0.5) is 5.13 Å². The maximum atomic E-state index is 12.6. The quantitative estimate of drug-likeness (QED) is 0.658. The van der Waals surface area contributed by atoms with Crippen LogP contribution in [0.5, 0.6) is 5.75 Å². The predicted octanol–water partition coefficient (Wildman–Crippen LogP) is 4.93. The summed E-state index contributed by atoms with van der Waals surface area (Å²) in [5.74, 6) is 0.514. The maximum absolute atomic E-state index is 12.6. The second-order valence-electron chi connectivity index (χ2n) is 6.48. The highest BCUT2D eigenvalue weighted by Crippen LogP contribution is 2.27. The van der Waals surface area contributed by atoms with Gasteiger partial charge in [-0.15, -0.1) is 10.2 Å². The Balaban J connectivity index is 1.70. The van der Waals surface area contributed by atoms with Crippen molar-refractivity contribution < 1.29 is 9.53 Å². The molecule has 0 saturated heterocycles. The monoisotopic (exact) mass is 381 g/mol. The van der Waals surface area contributed by atoms with E-state index >= 15 is 0 Å². The van der Waals surface area contributed by atoms with Crippen molar-refractivity contribution >= 4 is 22.4 Å². The van der Waals surface area contributed by atoms with Crippen molar-refractivity contribution in [1.82, 2.24) is 10.2 Å². The van der Waals surface area contributed by atoms with Gasteiger partial charge in [-0.2, -0.15) is 0 Å². The van der Waals surface area contributed by atoms with E-state index in [-0.39, 0.29) is 5.91 Å². The van der Waals surface area contributed by atoms with Gasteiger partial charge in [-0.1, -0.05) is 60.2 Å². The molecular formula is C21H23N3O2S. The van der Waals surface area contributed by atoms with E-state index in [1.807, 2.05) is 70.2 Å². The third-order valence-electron chi connectivity index (χ3n) is 4.44. The number of carbonyl (C=O) groups is 1. The van der Waals surface area contributed by atoms with Gasteiger partial charge in [0.1, 0.15) is 10.8 Å². The molecule has 1 amide bonds. The van der Waals surface area contributed by atoms with Gasteiger partial charge < -0.3 is 4.74 Å². The fourth-order valence-electron chi connectivity index (χ4n) is 2.60. The molecule has 3 aromatic rings. The van der Waals surface area contributed by atoms with E-state index in [1.165, 1.54) is 16.9 Å². The van der Waals surface area contributed by atoms with Crippen LogP contribution in [0.25, 0.3) is 10.6 Å². The molecule has 5 nitrogen and oxygen atoms in total. The van der Waals surface area contributed by atoms with Gasteiger partial charge in [0.15, 0.2) is 6.10 Å².